The van der Waals surface area contributed by atoms with E-state index in [9.17, 15) is 4.79 Å². The van der Waals surface area contributed by atoms with Gasteiger partial charge in [0.1, 0.15) is 0 Å². The number of primary amides is 1. The Bertz CT molecular complexity index is 364. The second-order valence-corrected chi connectivity index (χ2v) is 4.77. The summed E-state index contributed by atoms with van der Waals surface area (Å²) in [6.07, 6.45) is 4.30. The summed E-state index contributed by atoms with van der Waals surface area (Å²) in [5.74, 6) is -0.150. The molecular formula is C14H20N2O. The molecule has 1 aliphatic carbocycles. The first kappa shape index (κ1) is 12.1. The van der Waals surface area contributed by atoms with E-state index in [-0.39, 0.29) is 17.9 Å². The lowest BCUT2D eigenvalue weighted by molar-refractivity contribution is -0.123. The van der Waals surface area contributed by atoms with Gasteiger partial charge >= 0.3 is 0 Å². The van der Waals surface area contributed by atoms with E-state index in [1.807, 2.05) is 18.2 Å². The van der Waals surface area contributed by atoms with Gasteiger partial charge in [0.2, 0.25) is 5.91 Å². The Morgan fingerprint density at radius 3 is 2.65 bits per heavy atom. The van der Waals surface area contributed by atoms with Crippen LogP contribution in [0, 0.1) is 5.92 Å². The van der Waals surface area contributed by atoms with Crippen molar-refractivity contribution in [2.45, 2.75) is 38.3 Å². The quantitative estimate of drug-likeness (QED) is 0.832. The highest BCUT2D eigenvalue weighted by molar-refractivity contribution is 5.77. The summed E-state index contributed by atoms with van der Waals surface area (Å²) < 4.78 is 0. The number of rotatable bonds is 4. The molecule has 0 aliphatic heterocycles. The first-order valence-electron chi connectivity index (χ1n) is 6.34. The highest BCUT2D eigenvalue weighted by atomic mass is 16.1. The molecule has 1 aliphatic rings. The van der Waals surface area contributed by atoms with E-state index in [1.165, 1.54) is 12.0 Å². The van der Waals surface area contributed by atoms with E-state index < -0.39 is 0 Å². The van der Waals surface area contributed by atoms with Crippen LogP contribution in [0.3, 0.4) is 0 Å². The monoisotopic (exact) mass is 232 g/mol. The van der Waals surface area contributed by atoms with Crippen molar-refractivity contribution in [2.24, 2.45) is 11.7 Å². The lowest BCUT2D eigenvalue weighted by Gasteiger charge is -2.30. The summed E-state index contributed by atoms with van der Waals surface area (Å²) in [6.45, 7) is 0.815. The molecule has 17 heavy (non-hydrogen) atoms. The third-order valence-corrected chi connectivity index (χ3v) is 3.54. The molecule has 0 heterocycles. The molecule has 1 aromatic carbocycles. The largest absolute Gasteiger partial charge is 0.369 e. The number of amides is 1. The maximum absolute atomic E-state index is 11.4. The molecule has 1 aromatic rings. The van der Waals surface area contributed by atoms with Gasteiger partial charge in [0, 0.05) is 12.6 Å². The van der Waals surface area contributed by atoms with Crippen molar-refractivity contribution in [3.05, 3.63) is 35.9 Å². The van der Waals surface area contributed by atoms with E-state index in [0.29, 0.717) is 0 Å². The Kier molecular flexibility index (Phi) is 4.15. The van der Waals surface area contributed by atoms with Gasteiger partial charge in [-0.15, -0.1) is 0 Å². The van der Waals surface area contributed by atoms with Gasteiger partial charge in [-0.25, -0.2) is 0 Å². The average Bonchev–Trinajstić information content (AvgIpc) is 2.38. The van der Waals surface area contributed by atoms with Crippen molar-refractivity contribution in [3.8, 4) is 0 Å². The summed E-state index contributed by atoms with van der Waals surface area (Å²) in [5, 5.41) is 3.47. The molecule has 1 amide bonds. The number of hydrogen-bond acceptors (Lipinski definition) is 2. The first-order chi connectivity index (χ1) is 8.27. The molecule has 2 atom stereocenters. The molecule has 3 nitrogen and oxygen atoms in total. The molecule has 2 rings (SSSR count). The third-order valence-electron chi connectivity index (χ3n) is 3.54. The molecule has 0 saturated heterocycles. The van der Waals surface area contributed by atoms with Crippen LogP contribution < -0.4 is 11.1 Å². The van der Waals surface area contributed by atoms with Gasteiger partial charge in [0.05, 0.1) is 5.92 Å². The smallest absolute Gasteiger partial charge is 0.222 e. The number of hydrogen-bond donors (Lipinski definition) is 2. The Labute approximate surface area is 102 Å². The van der Waals surface area contributed by atoms with Crippen LogP contribution in [-0.2, 0) is 11.3 Å². The predicted octanol–water partition coefficient (Wildman–Crippen LogP) is 1.82. The van der Waals surface area contributed by atoms with Gasteiger partial charge < -0.3 is 11.1 Å². The standard InChI is InChI=1S/C14H20N2O/c15-14(17)12-8-4-5-9-13(12)16-10-11-6-2-1-3-7-11/h1-3,6-7,12-13,16H,4-5,8-10H2,(H2,15,17)/t12-,13+/m0/s1. The summed E-state index contributed by atoms with van der Waals surface area (Å²) in [7, 11) is 0. The molecule has 0 unspecified atom stereocenters. The highest BCUT2D eigenvalue weighted by Crippen LogP contribution is 2.24. The van der Waals surface area contributed by atoms with Crippen molar-refractivity contribution in [1.29, 1.82) is 0 Å². The fourth-order valence-electron chi connectivity index (χ4n) is 2.56. The number of carbonyl (C=O) groups excluding carboxylic acids is 1. The van der Waals surface area contributed by atoms with Crippen LogP contribution in [-0.4, -0.2) is 11.9 Å². The highest BCUT2D eigenvalue weighted by Gasteiger charge is 2.28. The first-order valence-corrected chi connectivity index (χ1v) is 6.34. The van der Waals surface area contributed by atoms with E-state index in [4.69, 9.17) is 5.73 Å². The number of benzene rings is 1. The second-order valence-electron chi connectivity index (χ2n) is 4.77. The maximum Gasteiger partial charge on any atom is 0.222 e. The summed E-state index contributed by atoms with van der Waals surface area (Å²) in [4.78, 5) is 11.4. The average molecular weight is 232 g/mol. The Hall–Kier alpha value is -1.35. The van der Waals surface area contributed by atoms with Crippen molar-refractivity contribution < 1.29 is 4.79 Å². The van der Waals surface area contributed by atoms with E-state index >= 15 is 0 Å². The zero-order valence-corrected chi connectivity index (χ0v) is 10.1. The Morgan fingerprint density at radius 2 is 1.94 bits per heavy atom. The zero-order chi connectivity index (χ0) is 12.1. The lowest BCUT2D eigenvalue weighted by atomic mass is 9.84. The fraction of sp³-hybridized carbons (Fsp3) is 0.500. The SMILES string of the molecule is NC(=O)[C@H]1CCCC[C@H]1NCc1ccccc1. The molecule has 92 valence electrons. The summed E-state index contributed by atoms with van der Waals surface area (Å²) >= 11 is 0. The van der Waals surface area contributed by atoms with Crippen molar-refractivity contribution in [2.75, 3.05) is 0 Å². The van der Waals surface area contributed by atoms with Gasteiger partial charge in [-0.1, -0.05) is 43.2 Å². The molecule has 0 aromatic heterocycles. The van der Waals surface area contributed by atoms with Crippen LogP contribution in [0.2, 0.25) is 0 Å². The molecule has 0 bridgehead atoms. The molecular weight excluding hydrogens is 212 g/mol. The van der Waals surface area contributed by atoms with Gasteiger partial charge in [0.25, 0.3) is 0 Å². The third kappa shape index (κ3) is 3.30. The van der Waals surface area contributed by atoms with E-state index in [2.05, 4.69) is 17.4 Å². The van der Waals surface area contributed by atoms with Crippen LogP contribution >= 0.6 is 0 Å². The Morgan fingerprint density at radius 1 is 1.24 bits per heavy atom. The van der Waals surface area contributed by atoms with Gasteiger partial charge in [0.15, 0.2) is 0 Å². The van der Waals surface area contributed by atoms with Crippen LogP contribution in [0.4, 0.5) is 0 Å². The van der Waals surface area contributed by atoms with E-state index in [1.54, 1.807) is 0 Å². The summed E-state index contributed by atoms with van der Waals surface area (Å²) in [6, 6.07) is 10.5. The van der Waals surface area contributed by atoms with Gasteiger partial charge in [-0.3, -0.25) is 4.79 Å². The van der Waals surface area contributed by atoms with Crippen molar-refractivity contribution in [1.82, 2.24) is 5.32 Å². The molecule has 0 radical (unpaired) electrons. The lowest BCUT2D eigenvalue weighted by Crippen LogP contribution is -2.44. The summed E-state index contributed by atoms with van der Waals surface area (Å²) in [5.41, 5.74) is 6.70. The van der Waals surface area contributed by atoms with Gasteiger partial charge in [-0.05, 0) is 18.4 Å². The minimum Gasteiger partial charge on any atom is -0.369 e. The molecule has 3 N–H and O–H groups in total. The van der Waals surface area contributed by atoms with Gasteiger partial charge in [-0.2, -0.15) is 0 Å². The number of nitrogens with two attached hydrogens (primary N) is 1. The maximum atomic E-state index is 11.4. The minimum absolute atomic E-state index is 0.00691. The molecule has 3 heteroatoms. The molecule has 0 spiro atoms. The van der Waals surface area contributed by atoms with Crippen LogP contribution in [0.25, 0.3) is 0 Å². The Balaban J connectivity index is 1.90. The van der Waals surface area contributed by atoms with Crippen LogP contribution in [0.15, 0.2) is 30.3 Å². The zero-order valence-electron chi connectivity index (χ0n) is 10.1. The second kappa shape index (κ2) is 5.82. The van der Waals surface area contributed by atoms with E-state index in [0.717, 1.165) is 25.8 Å². The number of carbonyl (C=O) groups is 1. The van der Waals surface area contributed by atoms with Crippen molar-refractivity contribution in [3.63, 3.8) is 0 Å². The minimum atomic E-state index is -0.157. The fourth-order valence-corrected chi connectivity index (χ4v) is 2.56. The topological polar surface area (TPSA) is 55.1 Å². The number of nitrogens with one attached hydrogen (secondary N) is 1. The molecule has 1 saturated carbocycles. The molecule has 1 fully saturated rings. The van der Waals surface area contributed by atoms with Crippen LogP contribution in [0.1, 0.15) is 31.2 Å². The van der Waals surface area contributed by atoms with Crippen molar-refractivity contribution >= 4 is 5.91 Å². The normalized spacial score (nSPS) is 24.5. The predicted molar refractivity (Wildman–Crippen MR) is 68.2 cm³/mol. The van der Waals surface area contributed by atoms with Crippen LogP contribution in [0.5, 0.6) is 0 Å².